The second-order valence-electron chi connectivity index (χ2n) is 5.59. The van der Waals surface area contributed by atoms with Crippen molar-refractivity contribution in [3.63, 3.8) is 0 Å². The summed E-state index contributed by atoms with van der Waals surface area (Å²) >= 11 is 0. The Hall–Kier alpha value is -3.19. The van der Waals surface area contributed by atoms with Gasteiger partial charge in [0.2, 0.25) is 0 Å². The lowest BCUT2D eigenvalue weighted by Crippen LogP contribution is -2.21. The molecule has 7 heteroatoms. The third kappa shape index (κ3) is 2.31. The van der Waals surface area contributed by atoms with Gasteiger partial charge >= 0.3 is 0 Å². The Morgan fingerprint density at radius 1 is 1.29 bits per heavy atom. The van der Waals surface area contributed by atoms with E-state index in [0.29, 0.717) is 11.5 Å². The van der Waals surface area contributed by atoms with Crippen molar-refractivity contribution in [1.29, 1.82) is 0 Å². The predicted octanol–water partition coefficient (Wildman–Crippen LogP) is 2.12. The van der Waals surface area contributed by atoms with Crippen molar-refractivity contribution < 1.29 is 5.11 Å². The largest absolute Gasteiger partial charge is 0.391 e. The maximum Gasteiger partial charge on any atom is 0.265 e. The highest BCUT2D eigenvalue weighted by atomic mass is 16.3. The van der Waals surface area contributed by atoms with E-state index in [2.05, 4.69) is 20.3 Å². The van der Waals surface area contributed by atoms with Gasteiger partial charge in [0, 0.05) is 11.9 Å². The molecule has 0 saturated carbocycles. The lowest BCUT2D eigenvalue weighted by atomic mass is 10.2. The van der Waals surface area contributed by atoms with Crippen molar-refractivity contribution in [2.45, 2.75) is 13.5 Å². The molecule has 0 bridgehead atoms. The SMILES string of the molecule is Cc1ccn2c(=O)c(CO)c(Nc3ccc4nc[nH]c4c3)nc2c1. The first-order valence-electron chi connectivity index (χ1n) is 7.48. The minimum atomic E-state index is -0.392. The van der Waals surface area contributed by atoms with Crippen LogP contribution in [-0.2, 0) is 6.61 Å². The molecule has 3 N–H and O–H groups in total. The van der Waals surface area contributed by atoms with E-state index >= 15 is 0 Å². The summed E-state index contributed by atoms with van der Waals surface area (Å²) in [4.78, 5) is 24.3. The molecule has 0 saturated heterocycles. The topological polar surface area (TPSA) is 95.3 Å². The van der Waals surface area contributed by atoms with Gasteiger partial charge in [-0.1, -0.05) is 0 Å². The molecule has 0 aliphatic carbocycles. The number of nitrogens with one attached hydrogen (secondary N) is 2. The highest BCUT2D eigenvalue weighted by Gasteiger charge is 2.12. The maximum absolute atomic E-state index is 12.6. The van der Waals surface area contributed by atoms with E-state index in [-0.39, 0.29) is 11.1 Å². The summed E-state index contributed by atoms with van der Waals surface area (Å²) in [6.07, 6.45) is 3.29. The molecule has 4 aromatic rings. The molecule has 0 unspecified atom stereocenters. The summed E-state index contributed by atoms with van der Waals surface area (Å²) in [6.45, 7) is 1.54. The number of benzene rings is 1. The summed E-state index contributed by atoms with van der Waals surface area (Å²) in [5.41, 5.74) is 3.95. The fraction of sp³-hybridized carbons (Fsp3) is 0.118. The number of rotatable bonds is 3. The first-order valence-corrected chi connectivity index (χ1v) is 7.48. The fourth-order valence-corrected chi connectivity index (χ4v) is 2.67. The molecular formula is C17H15N5O2. The van der Waals surface area contributed by atoms with Crippen LogP contribution in [0, 0.1) is 6.92 Å². The molecule has 3 aromatic heterocycles. The van der Waals surface area contributed by atoms with Gasteiger partial charge in [0.25, 0.3) is 5.56 Å². The molecule has 7 nitrogen and oxygen atoms in total. The Kier molecular flexibility index (Phi) is 3.28. The van der Waals surface area contributed by atoms with Crippen molar-refractivity contribution in [2.75, 3.05) is 5.32 Å². The molecule has 4 rings (SSSR count). The number of aryl methyl sites for hydroxylation is 1. The number of anilines is 2. The predicted molar refractivity (Wildman–Crippen MR) is 91.5 cm³/mol. The van der Waals surface area contributed by atoms with E-state index < -0.39 is 6.61 Å². The van der Waals surface area contributed by atoms with Crippen LogP contribution >= 0.6 is 0 Å². The number of aliphatic hydroxyl groups is 1. The van der Waals surface area contributed by atoms with Gasteiger partial charge in [0.1, 0.15) is 11.5 Å². The van der Waals surface area contributed by atoms with E-state index in [0.717, 1.165) is 22.3 Å². The molecule has 0 spiro atoms. The van der Waals surface area contributed by atoms with Gasteiger partial charge in [0.15, 0.2) is 0 Å². The summed E-state index contributed by atoms with van der Waals surface area (Å²) in [6, 6.07) is 9.25. The molecule has 0 amide bonds. The van der Waals surface area contributed by atoms with Crippen LogP contribution in [0.2, 0.25) is 0 Å². The highest BCUT2D eigenvalue weighted by molar-refractivity contribution is 5.80. The Morgan fingerprint density at radius 2 is 2.17 bits per heavy atom. The molecule has 120 valence electrons. The zero-order valence-electron chi connectivity index (χ0n) is 12.9. The quantitative estimate of drug-likeness (QED) is 0.537. The lowest BCUT2D eigenvalue weighted by Gasteiger charge is -2.11. The van der Waals surface area contributed by atoms with Crippen molar-refractivity contribution in [3.05, 3.63) is 64.3 Å². The zero-order chi connectivity index (χ0) is 16.7. The molecule has 1 aromatic carbocycles. The number of fused-ring (bicyclic) bond motifs is 2. The average molecular weight is 321 g/mol. The van der Waals surface area contributed by atoms with Crippen LogP contribution in [-0.4, -0.2) is 24.5 Å². The van der Waals surface area contributed by atoms with Crippen LogP contribution < -0.4 is 10.9 Å². The fourth-order valence-electron chi connectivity index (χ4n) is 2.67. The Morgan fingerprint density at radius 3 is 3.00 bits per heavy atom. The summed E-state index contributed by atoms with van der Waals surface area (Å²) in [5.74, 6) is 0.354. The van der Waals surface area contributed by atoms with Crippen LogP contribution in [0.4, 0.5) is 11.5 Å². The average Bonchev–Trinajstić information content (AvgIpc) is 3.02. The number of nitrogens with zero attached hydrogens (tertiary/aromatic N) is 3. The molecule has 0 aliphatic heterocycles. The van der Waals surface area contributed by atoms with Gasteiger partial charge in [-0.15, -0.1) is 0 Å². The third-order valence-corrected chi connectivity index (χ3v) is 3.92. The second kappa shape index (κ2) is 5.47. The Bertz CT molecular complexity index is 1110. The highest BCUT2D eigenvalue weighted by Crippen LogP contribution is 2.21. The summed E-state index contributed by atoms with van der Waals surface area (Å²) < 4.78 is 1.43. The van der Waals surface area contributed by atoms with Gasteiger partial charge in [-0.05, 0) is 42.8 Å². The number of aliphatic hydroxyl groups excluding tert-OH is 1. The molecule has 0 aliphatic rings. The number of hydrogen-bond acceptors (Lipinski definition) is 5. The molecule has 24 heavy (non-hydrogen) atoms. The normalized spacial score (nSPS) is 11.2. The first kappa shape index (κ1) is 14.4. The van der Waals surface area contributed by atoms with Crippen molar-refractivity contribution in [3.8, 4) is 0 Å². The van der Waals surface area contributed by atoms with E-state index in [9.17, 15) is 9.90 Å². The summed E-state index contributed by atoms with van der Waals surface area (Å²) in [7, 11) is 0. The summed E-state index contributed by atoms with van der Waals surface area (Å²) in [5, 5.41) is 12.7. The second-order valence-corrected chi connectivity index (χ2v) is 5.59. The van der Waals surface area contributed by atoms with E-state index in [1.807, 2.05) is 37.3 Å². The van der Waals surface area contributed by atoms with Gasteiger partial charge in [-0.3, -0.25) is 9.20 Å². The molecular weight excluding hydrogens is 306 g/mol. The van der Waals surface area contributed by atoms with Crippen LogP contribution in [0.1, 0.15) is 11.1 Å². The zero-order valence-corrected chi connectivity index (χ0v) is 12.9. The van der Waals surface area contributed by atoms with Crippen LogP contribution in [0.3, 0.4) is 0 Å². The van der Waals surface area contributed by atoms with Crippen LogP contribution in [0.15, 0.2) is 47.7 Å². The Labute approximate surface area is 136 Å². The number of hydrogen-bond donors (Lipinski definition) is 3. The minimum Gasteiger partial charge on any atom is -0.391 e. The van der Waals surface area contributed by atoms with Gasteiger partial charge < -0.3 is 15.4 Å². The van der Waals surface area contributed by atoms with E-state index in [1.165, 1.54) is 4.40 Å². The number of H-pyrrole nitrogens is 1. The van der Waals surface area contributed by atoms with Gasteiger partial charge in [-0.2, -0.15) is 0 Å². The van der Waals surface area contributed by atoms with E-state index in [1.54, 1.807) is 12.5 Å². The smallest absolute Gasteiger partial charge is 0.265 e. The van der Waals surface area contributed by atoms with Crippen LogP contribution in [0.25, 0.3) is 16.7 Å². The molecule has 0 fully saturated rings. The Balaban J connectivity index is 1.86. The van der Waals surface area contributed by atoms with Crippen LogP contribution in [0.5, 0.6) is 0 Å². The number of pyridine rings is 1. The third-order valence-electron chi connectivity index (χ3n) is 3.92. The van der Waals surface area contributed by atoms with Gasteiger partial charge in [-0.25, -0.2) is 9.97 Å². The minimum absolute atomic E-state index is 0.223. The number of aromatic amines is 1. The van der Waals surface area contributed by atoms with Gasteiger partial charge in [0.05, 0.1) is 29.5 Å². The first-order chi connectivity index (χ1) is 11.7. The standard InChI is InChI=1S/C17H15N5O2/c1-10-4-5-22-15(6-10)21-16(12(8-23)17(22)24)20-11-2-3-13-14(7-11)19-9-18-13/h2-7,9,20,23H,8H2,1H3,(H,18,19). The molecule has 0 atom stereocenters. The van der Waals surface area contributed by atoms with E-state index in [4.69, 9.17) is 0 Å². The van der Waals surface area contributed by atoms with Crippen molar-refractivity contribution >= 4 is 28.2 Å². The monoisotopic (exact) mass is 321 g/mol. The van der Waals surface area contributed by atoms with Crippen molar-refractivity contribution in [1.82, 2.24) is 19.4 Å². The van der Waals surface area contributed by atoms with Crippen molar-refractivity contribution in [2.24, 2.45) is 0 Å². The number of imidazole rings is 1. The molecule has 0 radical (unpaired) electrons. The lowest BCUT2D eigenvalue weighted by molar-refractivity contribution is 0.280. The molecule has 3 heterocycles. The maximum atomic E-state index is 12.6. The number of aromatic nitrogens is 4.